The zero-order chi connectivity index (χ0) is 17.6. The second kappa shape index (κ2) is 8.20. The Morgan fingerprint density at radius 1 is 1.08 bits per heavy atom. The molecule has 25 heavy (non-hydrogen) atoms. The number of benzene rings is 1. The molecule has 0 atom stereocenters. The molecule has 1 amide bonds. The van der Waals surface area contributed by atoms with Gasteiger partial charge in [-0.2, -0.15) is 0 Å². The fraction of sp³-hybridized carbons (Fsp3) is 0.389. The van der Waals surface area contributed by atoms with E-state index in [9.17, 15) is 4.79 Å². The van der Waals surface area contributed by atoms with Gasteiger partial charge in [-0.25, -0.2) is 0 Å². The lowest BCUT2D eigenvalue weighted by atomic mass is 10.2. The largest absolute Gasteiger partial charge is 0.369 e. The quantitative estimate of drug-likeness (QED) is 0.830. The van der Waals surface area contributed by atoms with E-state index >= 15 is 0 Å². The van der Waals surface area contributed by atoms with Gasteiger partial charge in [0.25, 0.3) is 5.91 Å². The summed E-state index contributed by atoms with van der Waals surface area (Å²) in [5, 5.41) is 11.6. The van der Waals surface area contributed by atoms with Crippen molar-refractivity contribution < 1.29 is 4.79 Å². The lowest BCUT2D eigenvalue weighted by Gasteiger charge is -2.35. The second-order valence-electron chi connectivity index (χ2n) is 5.81. The number of hydrogen-bond acceptors (Lipinski definition) is 6. The zero-order valence-electron chi connectivity index (χ0n) is 14.6. The molecule has 1 aliphatic rings. The van der Waals surface area contributed by atoms with Crippen LogP contribution in [0, 0.1) is 0 Å². The molecule has 1 fully saturated rings. The first kappa shape index (κ1) is 17.5. The van der Waals surface area contributed by atoms with E-state index in [1.54, 1.807) is 11.8 Å². The SMILES string of the molecule is CCNc1ccc(N2CCN(C(=O)c3ccc(SC)cc3)CC2)nn1. The summed E-state index contributed by atoms with van der Waals surface area (Å²) in [4.78, 5) is 17.9. The van der Waals surface area contributed by atoms with Crippen LogP contribution in [0.25, 0.3) is 0 Å². The smallest absolute Gasteiger partial charge is 0.253 e. The first-order valence-corrected chi connectivity index (χ1v) is 9.69. The van der Waals surface area contributed by atoms with Gasteiger partial charge >= 0.3 is 0 Å². The number of anilines is 2. The predicted molar refractivity (Wildman–Crippen MR) is 103 cm³/mol. The molecule has 1 saturated heterocycles. The fourth-order valence-electron chi connectivity index (χ4n) is 2.82. The molecule has 0 spiro atoms. The summed E-state index contributed by atoms with van der Waals surface area (Å²) in [5.41, 5.74) is 0.751. The van der Waals surface area contributed by atoms with E-state index in [1.165, 1.54) is 4.90 Å². The Hall–Kier alpha value is -2.28. The lowest BCUT2D eigenvalue weighted by Crippen LogP contribution is -2.49. The maximum atomic E-state index is 12.6. The molecule has 132 valence electrons. The van der Waals surface area contributed by atoms with E-state index in [-0.39, 0.29) is 5.91 Å². The Kier molecular flexibility index (Phi) is 5.75. The molecule has 2 heterocycles. The third-order valence-electron chi connectivity index (χ3n) is 4.24. The maximum absolute atomic E-state index is 12.6. The van der Waals surface area contributed by atoms with E-state index < -0.39 is 0 Å². The summed E-state index contributed by atoms with van der Waals surface area (Å²) < 4.78 is 0. The van der Waals surface area contributed by atoms with Gasteiger partial charge in [-0.1, -0.05) is 0 Å². The minimum Gasteiger partial charge on any atom is -0.369 e. The molecule has 0 bridgehead atoms. The third kappa shape index (κ3) is 4.22. The van der Waals surface area contributed by atoms with E-state index in [1.807, 2.05) is 54.5 Å². The van der Waals surface area contributed by atoms with Crippen molar-refractivity contribution in [2.75, 3.05) is 49.2 Å². The maximum Gasteiger partial charge on any atom is 0.253 e. The number of amides is 1. The van der Waals surface area contributed by atoms with Crippen molar-refractivity contribution in [2.24, 2.45) is 0 Å². The Morgan fingerprint density at radius 2 is 1.80 bits per heavy atom. The van der Waals surface area contributed by atoms with Crippen LogP contribution in [-0.4, -0.2) is 60.0 Å². The van der Waals surface area contributed by atoms with Gasteiger partial charge in [0.1, 0.15) is 5.82 Å². The van der Waals surface area contributed by atoms with Gasteiger partial charge in [0, 0.05) is 43.2 Å². The van der Waals surface area contributed by atoms with Crippen LogP contribution in [0.5, 0.6) is 0 Å². The van der Waals surface area contributed by atoms with Crippen molar-refractivity contribution in [3.05, 3.63) is 42.0 Å². The van der Waals surface area contributed by atoms with Gasteiger partial charge in [0.2, 0.25) is 0 Å². The summed E-state index contributed by atoms with van der Waals surface area (Å²) in [6, 6.07) is 11.7. The lowest BCUT2D eigenvalue weighted by molar-refractivity contribution is 0.0746. The molecule has 3 rings (SSSR count). The van der Waals surface area contributed by atoms with Crippen molar-refractivity contribution in [3.8, 4) is 0 Å². The number of piperazine rings is 1. The monoisotopic (exact) mass is 357 g/mol. The van der Waals surface area contributed by atoms with Crippen molar-refractivity contribution in [2.45, 2.75) is 11.8 Å². The van der Waals surface area contributed by atoms with Crippen LogP contribution in [0.3, 0.4) is 0 Å². The molecule has 1 aliphatic heterocycles. The first-order chi connectivity index (χ1) is 12.2. The fourth-order valence-corrected chi connectivity index (χ4v) is 3.23. The van der Waals surface area contributed by atoms with Crippen molar-refractivity contribution in [1.29, 1.82) is 0 Å². The summed E-state index contributed by atoms with van der Waals surface area (Å²) in [6.45, 7) is 5.78. The number of aromatic nitrogens is 2. The molecule has 2 aromatic rings. The van der Waals surface area contributed by atoms with Crippen LogP contribution in [-0.2, 0) is 0 Å². The molecule has 7 heteroatoms. The zero-order valence-corrected chi connectivity index (χ0v) is 15.4. The standard InChI is InChI=1S/C18H23N5OS/c1-3-19-16-8-9-17(21-20-16)22-10-12-23(13-11-22)18(24)14-4-6-15(25-2)7-5-14/h4-9H,3,10-13H2,1-2H3,(H,19,20). The topological polar surface area (TPSA) is 61.4 Å². The molecule has 0 radical (unpaired) electrons. The van der Waals surface area contributed by atoms with Crippen LogP contribution >= 0.6 is 11.8 Å². The summed E-state index contributed by atoms with van der Waals surface area (Å²) in [7, 11) is 0. The molecule has 0 saturated carbocycles. The number of carbonyl (C=O) groups excluding carboxylic acids is 1. The van der Waals surface area contributed by atoms with Gasteiger partial charge < -0.3 is 15.1 Å². The van der Waals surface area contributed by atoms with E-state index in [4.69, 9.17) is 0 Å². The number of nitrogens with one attached hydrogen (secondary N) is 1. The van der Waals surface area contributed by atoms with Gasteiger partial charge in [0.15, 0.2) is 5.82 Å². The highest BCUT2D eigenvalue weighted by Crippen LogP contribution is 2.18. The van der Waals surface area contributed by atoms with Gasteiger partial charge in [-0.05, 0) is 49.6 Å². The molecule has 1 N–H and O–H groups in total. The Bertz CT molecular complexity index is 696. The average molecular weight is 357 g/mol. The van der Waals surface area contributed by atoms with Crippen LogP contribution in [0.4, 0.5) is 11.6 Å². The number of rotatable bonds is 5. The third-order valence-corrected chi connectivity index (χ3v) is 4.98. The van der Waals surface area contributed by atoms with Crippen LogP contribution in [0.1, 0.15) is 17.3 Å². The molecule has 1 aromatic carbocycles. The summed E-state index contributed by atoms with van der Waals surface area (Å²) in [5.74, 6) is 1.74. The number of thioether (sulfide) groups is 1. The highest BCUT2D eigenvalue weighted by atomic mass is 32.2. The minimum atomic E-state index is 0.0980. The van der Waals surface area contributed by atoms with E-state index in [0.717, 1.165) is 36.8 Å². The van der Waals surface area contributed by atoms with Crippen LogP contribution in [0.2, 0.25) is 0 Å². The molecule has 0 aliphatic carbocycles. The molecule has 0 unspecified atom stereocenters. The molecule has 1 aromatic heterocycles. The highest BCUT2D eigenvalue weighted by Gasteiger charge is 2.23. The predicted octanol–water partition coefficient (Wildman–Crippen LogP) is 2.59. The Balaban J connectivity index is 1.58. The van der Waals surface area contributed by atoms with Gasteiger partial charge in [-0.15, -0.1) is 22.0 Å². The van der Waals surface area contributed by atoms with E-state index in [0.29, 0.717) is 13.1 Å². The number of hydrogen-bond donors (Lipinski definition) is 1. The molecule has 6 nitrogen and oxygen atoms in total. The van der Waals surface area contributed by atoms with Crippen molar-refractivity contribution in [3.63, 3.8) is 0 Å². The first-order valence-electron chi connectivity index (χ1n) is 8.47. The second-order valence-corrected chi connectivity index (χ2v) is 6.69. The normalized spacial score (nSPS) is 14.5. The van der Waals surface area contributed by atoms with E-state index in [2.05, 4.69) is 20.4 Å². The summed E-state index contributed by atoms with van der Waals surface area (Å²) in [6.07, 6.45) is 2.03. The average Bonchev–Trinajstić information content (AvgIpc) is 2.68. The number of nitrogens with zero attached hydrogens (tertiary/aromatic N) is 4. The van der Waals surface area contributed by atoms with Gasteiger partial charge in [-0.3, -0.25) is 4.79 Å². The minimum absolute atomic E-state index is 0.0980. The van der Waals surface area contributed by atoms with Crippen molar-refractivity contribution >= 4 is 29.3 Å². The Labute approximate surface area is 152 Å². The number of carbonyl (C=O) groups is 1. The Morgan fingerprint density at radius 3 is 2.36 bits per heavy atom. The highest BCUT2D eigenvalue weighted by molar-refractivity contribution is 7.98. The summed E-state index contributed by atoms with van der Waals surface area (Å²) >= 11 is 1.68. The van der Waals surface area contributed by atoms with Crippen LogP contribution in [0.15, 0.2) is 41.3 Å². The molecular formula is C18H23N5OS. The van der Waals surface area contributed by atoms with Crippen molar-refractivity contribution in [1.82, 2.24) is 15.1 Å². The van der Waals surface area contributed by atoms with Gasteiger partial charge in [0.05, 0.1) is 0 Å². The van der Waals surface area contributed by atoms with Crippen LogP contribution < -0.4 is 10.2 Å². The molecular weight excluding hydrogens is 334 g/mol.